The molecule has 1 saturated heterocycles. The third kappa shape index (κ3) is 4.84. The van der Waals surface area contributed by atoms with Crippen molar-refractivity contribution < 1.29 is 0 Å². The number of nitrogens with zero attached hydrogens (tertiary/aromatic N) is 2. The molecule has 0 aromatic carbocycles. The predicted octanol–water partition coefficient (Wildman–Crippen LogP) is 0.483. The van der Waals surface area contributed by atoms with Crippen LogP contribution in [0.4, 0.5) is 0 Å². The highest BCUT2D eigenvalue weighted by Gasteiger charge is 2.18. The highest BCUT2D eigenvalue weighted by molar-refractivity contribution is 4.79. The van der Waals surface area contributed by atoms with Gasteiger partial charge >= 0.3 is 0 Å². The van der Waals surface area contributed by atoms with E-state index < -0.39 is 0 Å². The number of hydrogen-bond donors (Lipinski definition) is 2. The van der Waals surface area contributed by atoms with E-state index in [4.69, 9.17) is 5.73 Å². The fourth-order valence-corrected chi connectivity index (χ4v) is 3.00. The average molecular weight is 254 g/mol. The topological polar surface area (TPSA) is 44.5 Å². The van der Waals surface area contributed by atoms with Crippen LogP contribution in [0.15, 0.2) is 0 Å². The van der Waals surface area contributed by atoms with Gasteiger partial charge in [-0.15, -0.1) is 0 Å². The van der Waals surface area contributed by atoms with Crippen LogP contribution in [0.5, 0.6) is 0 Å². The molecule has 2 fully saturated rings. The fraction of sp³-hybridized carbons (Fsp3) is 1.00. The number of rotatable bonds is 5. The minimum atomic E-state index is 0.466. The molecular formula is C14H30N4. The van der Waals surface area contributed by atoms with Crippen molar-refractivity contribution in [3.8, 4) is 0 Å². The van der Waals surface area contributed by atoms with Gasteiger partial charge in [-0.05, 0) is 52.2 Å². The van der Waals surface area contributed by atoms with Gasteiger partial charge in [-0.25, -0.2) is 0 Å². The molecule has 2 rings (SSSR count). The first-order chi connectivity index (χ1) is 8.74. The lowest BCUT2D eigenvalue weighted by molar-refractivity contribution is 0.152. The van der Waals surface area contributed by atoms with Crippen LogP contribution < -0.4 is 11.1 Å². The molecule has 18 heavy (non-hydrogen) atoms. The molecule has 0 atom stereocenters. The number of nitrogens with one attached hydrogen (secondary N) is 1. The van der Waals surface area contributed by atoms with Crippen LogP contribution in [0.25, 0.3) is 0 Å². The van der Waals surface area contributed by atoms with E-state index in [1.807, 2.05) is 0 Å². The van der Waals surface area contributed by atoms with E-state index in [1.165, 1.54) is 71.4 Å². The zero-order valence-corrected chi connectivity index (χ0v) is 11.9. The Morgan fingerprint density at radius 2 is 1.72 bits per heavy atom. The quantitative estimate of drug-likeness (QED) is 0.701. The van der Waals surface area contributed by atoms with Crippen molar-refractivity contribution in [1.82, 2.24) is 15.1 Å². The van der Waals surface area contributed by atoms with Crippen LogP contribution in [0.3, 0.4) is 0 Å². The molecular weight excluding hydrogens is 224 g/mol. The Morgan fingerprint density at radius 3 is 2.39 bits per heavy atom. The largest absolute Gasteiger partial charge is 0.328 e. The first-order valence-electron chi connectivity index (χ1n) is 7.64. The number of nitrogens with two attached hydrogens (primary N) is 1. The van der Waals surface area contributed by atoms with Gasteiger partial charge in [0.1, 0.15) is 0 Å². The molecule has 3 N–H and O–H groups in total. The van der Waals surface area contributed by atoms with Gasteiger partial charge in [0, 0.05) is 38.3 Å². The molecule has 1 aliphatic heterocycles. The van der Waals surface area contributed by atoms with Gasteiger partial charge in [0.2, 0.25) is 0 Å². The van der Waals surface area contributed by atoms with Crippen molar-refractivity contribution in [3.05, 3.63) is 0 Å². The number of piperazine rings is 1. The van der Waals surface area contributed by atoms with Crippen LogP contribution in [-0.4, -0.2) is 68.2 Å². The summed E-state index contributed by atoms with van der Waals surface area (Å²) in [5.74, 6) is 0. The molecule has 0 bridgehead atoms. The zero-order valence-electron chi connectivity index (χ0n) is 11.9. The second-order valence-corrected chi connectivity index (χ2v) is 6.06. The Kier molecular flexibility index (Phi) is 5.89. The van der Waals surface area contributed by atoms with Gasteiger partial charge in [0.05, 0.1) is 0 Å². The van der Waals surface area contributed by atoms with Gasteiger partial charge in [-0.1, -0.05) is 0 Å². The molecule has 106 valence electrons. The summed E-state index contributed by atoms with van der Waals surface area (Å²) in [5.41, 5.74) is 5.92. The van der Waals surface area contributed by atoms with Gasteiger partial charge in [-0.2, -0.15) is 0 Å². The average Bonchev–Trinajstić information content (AvgIpc) is 2.39. The van der Waals surface area contributed by atoms with E-state index in [9.17, 15) is 0 Å². The standard InChI is InChI=1S/C14H30N4/c1-17-9-11-18(12-10-17)8-2-7-16-14-5-3-13(15)4-6-14/h13-14,16H,2-12,15H2,1H3. The maximum absolute atomic E-state index is 5.92. The molecule has 4 heteroatoms. The smallest absolute Gasteiger partial charge is 0.0110 e. The minimum Gasteiger partial charge on any atom is -0.328 e. The van der Waals surface area contributed by atoms with E-state index in [-0.39, 0.29) is 0 Å². The first-order valence-corrected chi connectivity index (χ1v) is 7.64. The van der Waals surface area contributed by atoms with Crippen LogP contribution in [0.2, 0.25) is 0 Å². The summed E-state index contributed by atoms with van der Waals surface area (Å²) in [6.07, 6.45) is 6.24. The molecule has 4 nitrogen and oxygen atoms in total. The fourth-order valence-electron chi connectivity index (χ4n) is 3.00. The van der Waals surface area contributed by atoms with Crippen molar-refractivity contribution >= 4 is 0 Å². The van der Waals surface area contributed by atoms with Crippen LogP contribution in [0.1, 0.15) is 32.1 Å². The summed E-state index contributed by atoms with van der Waals surface area (Å²) in [7, 11) is 2.21. The summed E-state index contributed by atoms with van der Waals surface area (Å²) in [6, 6.07) is 1.20. The minimum absolute atomic E-state index is 0.466. The summed E-state index contributed by atoms with van der Waals surface area (Å²) in [5, 5.41) is 3.70. The third-order valence-electron chi connectivity index (χ3n) is 4.45. The van der Waals surface area contributed by atoms with Crippen molar-refractivity contribution in [2.45, 2.75) is 44.2 Å². The van der Waals surface area contributed by atoms with Crippen molar-refractivity contribution in [1.29, 1.82) is 0 Å². The maximum Gasteiger partial charge on any atom is 0.0110 e. The van der Waals surface area contributed by atoms with Crippen LogP contribution in [-0.2, 0) is 0 Å². The Bertz CT molecular complexity index is 194. The van der Waals surface area contributed by atoms with Gasteiger partial charge in [0.25, 0.3) is 0 Å². The van der Waals surface area contributed by atoms with Gasteiger partial charge in [-0.3, -0.25) is 0 Å². The zero-order chi connectivity index (χ0) is 12.8. The molecule has 0 aromatic heterocycles. The van der Waals surface area contributed by atoms with Crippen LogP contribution in [0, 0.1) is 0 Å². The van der Waals surface area contributed by atoms with Crippen molar-refractivity contribution in [2.75, 3.05) is 46.3 Å². The molecule has 0 spiro atoms. The molecule has 1 heterocycles. The number of hydrogen-bond acceptors (Lipinski definition) is 4. The first kappa shape index (κ1) is 14.3. The summed E-state index contributed by atoms with van der Waals surface area (Å²) < 4.78 is 0. The Hall–Kier alpha value is -0.160. The second-order valence-electron chi connectivity index (χ2n) is 6.06. The SMILES string of the molecule is CN1CCN(CCCNC2CCC(N)CC2)CC1. The van der Waals surface area contributed by atoms with E-state index in [0.29, 0.717) is 6.04 Å². The maximum atomic E-state index is 5.92. The summed E-state index contributed by atoms with van der Waals surface area (Å²) >= 11 is 0. The number of likely N-dealkylation sites (N-methyl/N-ethyl adjacent to an activating group) is 1. The molecule has 1 aliphatic carbocycles. The Labute approximate surface area is 112 Å². The Morgan fingerprint density at radius 1 is 1.06 bits per heavy atom. The van der Waals surface area contributed by atoms with E-state index in [0.717, 1.165) is 6.04 Å². The highest BCUT2D eigenvalue weighted by Crippen LogP contribution is 2.16. The summed E-state index contributed by atoms with van der Waals surface area (Å²) in [4.78, 5) is 5.01. The van der Waals surface area contributed by atoms with Gasteiger partial charge < -0.3 is 20.9 Å². The van der Waals surface area contributed by atoms with Crippen molar-refractivity contribution in [3.63, 3.8) is 0 Å². The monoisotopic (exact) mass is 254 g/mol. The molecule has 2 aliphatic rings. The van der Waals surface area contributed by atoms with Gasteiger partial charge in [0.15, 0.2) is 0 Å². The molecule has 0 radical (unpaired) electrons. The molecule has 0 unspecified atom stereocenters. The second kappa shape index (κ2) is 7.43. The predicted molar refractivity (Wildman–Crippen MR) is 76.8 cm³/mol. The molecule has 1 saturated carbocycles. The third-order valence-corrected chi connectivity index (χ3v) is 4.45. The lowest BCUT2D eigenvalue weighted by Crippen LogP contribution is -2.45. The lowest BCUT2D eigenvalue weighted by atomic mass is 9.92. The molecule has 0 amide bonds. The van der Waals surface area contributed by atoms with E-state index in [2.05, 4.69) is 22.2 Å². The van der Waals surface area contributed by atoms with Crippen LogP contribution >= 0.6 is 0 Å². The summed E-state index contributed by atoms with van der Waals surface area (Å²) in [6.45, 7) is 7.38. The lowest BCUT2D eigenvalue weighted by Gasteiger charge is -2.32. The normalized spacial score (nSPS) is 31.7. The molecule has 0 aromatic rings. The highest BCUT2D eigenvalue weighted by atomic mass is 15.2. The van der Waals surface area contributed by atoms with E-state index >= 15 is 0 Å². The Balaban J connectivity index is 1.48. The van der Waals surface area contributed by atoms with E-state index in [1.54, 1.807) is 0 Å². The van der Waals surface area contributed by atoms with Crippen molar-refractivity contribution in [2.24, 2.45) is 5.73 Å².